The van der Waals surface area contributed by atoms with Crippen LogP contribution >= 0.6 is 11.6 Å². The number of hydrogen-bond acceptors (Lipinski definition) is 3. The van der Waals surface area contributed by atoms with Gasteiger partial charge in [-0.3, -0.25) is 14.6 Å². The lowest BCUT2D eigenvalue weighted by Gasteiger charge is -2.24. The maximum absolute atomic E-state index is 12.6. The molecule has 6 heteroatoms. The Morgan fingerprint density at radius 3 is 2.12 bits per heavy atom. The lowest BCUT2D eigenvalue weighted by molar-refractivity contribution is -0.124. The number of pyridine rings is 1. The lowest BCUT2D eigenvalue weighted by atomic mass is 10.0. The highest BCUT2D eigenvalue weighted by atomic mass is 35.5. The van der Waals surface area contributed by atoms with Crippen molar-refractivity contribution in [2.24, 2.45) is 5.92 Å². The van der Waals surface area contributed by atoms with Gasteiger partial charge in [0.25, 0.3) is 5.91 Å². The molecule has 5 nitrogen and oxygen atoms in total. The van der Waals surface area contributed by atoms with Crippen LogP contribution in [-0.4, -0.2) is 22.8 Å². The van der Waals surface area contributed by atoms with Gasteiger partial charge in [0.2, 0.25) is 5.91 Å². The van der Waals surface area contributed by atoms with E-state index >= 15 is 0 Å². The van der Waals surface area contributed by atoms with Crippen molar-refractivity contribution in [1.29, 1.82) is 0 Å². The van der Waals surface area contributed by atoms with Gasteiger partial charge >= 0.3 is 0 Å². The fourth-order valence-electron chi connectivity index (χ4n) is 2.40. The van der Waals surface area contributed by atoms with Crippen LogP contribution in [0.3, 0.4) is 0 Å². The summed E-state index contributed by atoms with van der Waals surface area (Å²) in [4.78, 5) is 29.0. The molecule has 0 aliphatic carbocycles. The van der Waals surface area contributed by atoms with E-state index in [2.05, 4.69) is 15.6 Å². The van der Waals surface area contributed by atoms with Gasteiger partial charge in [0.05, 0.1) is 6.04 Å². The van der Waals surface area contributed by atoms with Crippen LogP contribution in [0.1, 0.15) is 42.7 Å². The molecule has 2 unspecified atom stereocenters. The summed E-state index contributed by atoms with van der Waals surface area (Å²) in [6.07, 6.45) is 3.36. The van der Waals surface area contributed by atoms with Gasteiger partial charge in [-0.1, -0.05) is 25.4 Å². The van der Waals surface area contributed by atoms with E-state index in [1.54, 1.807) is 36.7 Å². The van der Waals surface area contributed by atoms with E-state index in [-0.39, 0.29) is 23.8 Å². The fraction of sp³-hybridized carbons (Fsp3) is 0.316. The maximum Gasteiger partial charge on any atom is 0.251 e. The van der Waals surface area contributed by atoms with Crippen molar-refractivity contribution < 1.29 is 9.59 Å². The van der Waals surface area contributed by atoms with E-state index in [0.29, 0.717) is 10.6 Å². The molecule has 2 amide bonds. The highest BCUT2D eigenvalue weighted by Gasteiger charge is 2.26. The molecule has 0 saturated heterocycles. The Morgan fingerprint density at radius 2 is 1.56 bits per heavy atom. The first kappa shape index (κ1) is 18.9. The van der Waals surface area contributed by atoms with Gasteiger partial charge in [-0.2, -0.15) is 0 Å². The third-order valence-corrected chi connectivity index (χ3v) is 4.16. The minimum atomic E-state index is -0.632. The average Bonchev–Trinajstić information content (AvgIpc) is 2.60. The zero-order chi connectivity index (χ0) is 18.4. The molecule has 0 aliphatic heterocycles. The number of nitrogens with one attached hydrogen (secondary N) is 2. The third-order valence-electron chi connectivity index (χ3n) is 3.91. The number of carbonyl (C=O) groups is 2. The van der Waals surface area contributed by atoms with E-state index < -0.39 is 6.04 Å². The Balaban J connectivity index is 2.05. The van der Waals surface area contributed by atoms with Crippen LogP contribution in [0.25, 0.3) is 0 Å². The van der Waals surface area contributed by atoms with Crippen LogP contribution in [0.4, 0.5) is 0 Å². The van der Waals surface area contributed by atoms with Gasteiger partial charge in [0.15, 0.2) is 0 Å². The molecule has 2 rings (SSSR count). The second kappa shape index (κ2) is 8.62. The van der Waals surface area contributed by atoms with Crippen molar-refractivity contribution >= 4 is 23.4 Å². The highest BCUT2D eigenvalue weighted by molar-refractivity contribution is 6.30. The molecule has 25 heavy (non-hydrogen) atoms. The summed E-state index contributed by atoms with van der Waals surface area (Å²) in [5.74, 6) is -0.579. The number of rotatable bonds is 6. The first-order valence-electron chi connectivity index (χ1n) is 8.15. The predicted molar refractivity (Wildman–Crippen MR) is 98.3 cm³/mol. The molecule has 1 aromatic heterocycles. The van der Waals surface area contributed by atoms with Gasteiger partial charge in [0, 0.05) is 23.0 Å². The second-order valence-corrected chi connectivity index (χ2v) is 6.65. The molecular weight excluding hydrogens is 338 g/mol. The lowest BCUT2D eigenvalue weighted by Crippen LogP contribution is -2.50. The van der Waals surface area contributed by atoms with Crippen LogP contribution < -0.4 is 10.6 Å². The number of nitrogens with zero attached hydrogens (tertiary/aromatic N) is 1. The summed E-state index contributed by atoms with van der Waals surface area (Å²) >= 11 is 5.84. The summed E-state index contributed by atoms with van der Waals surface area (Å²) in [7, 11) is 0. The monoisotopic (exact) mass is 359 g/mol. The van der Waals surface area contributed by atoms with E-state index in [1.807, 2.05) is 32.9 Å². The summed E-state index contributed by atoms with van der Waals surface area (Å²) in [5, 5.41) is 6.30. The van der Waals surface area contributed by atoms with Crippen molar-refractivity contribution in [3.05, 3.63) is 64.9 Å². The summed E-state index contributed by atoms with van der Waals surface area (Å²) in [6.45, 7) is 5.68. The topological polar surface area (TPSA) is 71.1 Å². The van der Waals surface area contributed by atoms with Crippen molar-refractivity contribution in [2.75, 3.05) is 0 Å². The number of aromatic nitrogens is 1. The SMILES string of the molecule is CC(NC(=O)C(NC(=O)c1ccc(Cl)cc1)C(C)C)c1ccncc1. The van der Waals surface area contributed by atoms with Gasteiger partial charge in [-0.15, -0.1) is 0 Å². The van der Waals surface area contributed by atoms with E-state index in [1.165, 1.54) is 0 Å². The largest absolute Gasteiger partial charge is 0.348 e. The second-order valence-electron chi connectivity index (χ2n) is 6.21. The summed E-state index contributed by atoms with van der Waals surface area (Å²) in [6, 6.07) is 9.44. The Bertz CT molecular complexity index is 717. The minimum absolute atomic E-state index is 0.0547. The van der Waals surface area contributed by atoms with Gasteiger partial charge in [-0.05, 0) is 54.8 Å². The van der Waals surface area contributed by atoms with Crippen molar-refractivity contribution in [1.82, 2.24) is 15.6 Å². The molecular formula is C19H22ClN3O2. The fourth-order valence-corrected chi connectivity index (χ4v) is 2.53. The number of benzene rings is 1. The number of amides is 2. The van der Waals surface area contributed by atoms with Crippen LogP contribution in [0, 0.1) is 5.92 Å². The molecule has 1 heterocycles. The molecule has 1 aromatic carbocycles. The molecule has 2 atom stereocenters. The normalized spacial score (nSPS) is 13.2. The van der Waals surface area contributed by atoms with Gasteiger partial charge in [0.1, 0.15) is 6.04 Å². The first-order chi connectivity index (χ1) is 11.9. The molecule has 2 N–H and O–H groups in total. The van der Waals surface area contributed by atoms with E-state index in [4.69, 9.17) is 11.6 Å². The highest BCUT2D eigenvalue weighted by Crippen LogP contribution is 2.13. The number of carbonyl (C=O) groups excluding carboxylic acids is 2. The van der Waals surface area contributed by atoms with Gasteiger partial charge < -0.3 is 10.6 Å². The zero-order valence-corrected chi connectivity index (χ0v) is 15.2. The van der Waals surface area contributed by atoms with Crippen LogP contribution in [0.2, 0.25) is 5.02 Å². The molecule has 0 saturated carbocycles. The van der Waals surface area contributed by atoms with Gasteiger partial charge in [-0.25, -0.2) is 0 Å². The molecule has 0 aliphatic rings. The molecule has 132 valence electrons. The molecule has 2 aromatic rings. The Morgan fingerprint density at radius 1 is 0.960 bits per heavy atom. The third kappa shape index (κ3) is 5.29. The zero-order valence-electron chi connectivity index (χ0n) is 14.5. The first-order valence-corrected chi connectivity index (χ1v) is 8.53. The smallest absolute Gasteiger partial charge is 0.251 e. The Labute approximate surface area is 152 Å². The van der Waals surface area contributed by atoms with Crippen molar-refractivity contribution in [3.63, 3.8) is 0 Å². The van der Waals surface area contributed by atoms with Crippen molar-refractivity contribution in [3.8, 4) is 0 Å². The van der Waals surface area contributed by atoms with Crippen molar-refractivity contribution in [2.45, 2.75) is 32.9 Å². The summed E-state index contributed by atoms with van der Waals surface area (Å²) < 4.78 is 0. The molecule has 0 spiro atoms. The minimum Gasteiger partial charge on any atom is -0.348 e. The number of halogens is 1. The average molecular weight is 360 g/mol. The Kier molecular flexibility index (Phi) is 6.53. The molecule has 0 bridgehead atoms. The number of hydrogen-bond donors (Lipinski definition) is 2. The van der Waals surface area contributed by atoms with E-state index in [9.17, 15) is 9.59 Å². The van der Waals surface area contributed by atoms with Crippen LogP contribution in [0.5, 0.6) is 0 Å². The standard InChI is InChI=1S/C19H22ClN3O2/c1-12(2)17(23-18(24)15-4-6-16(20)7-5-15)19(25)22-13(3)14-8-10-21-11-9-14/h4-13,17H,1-3H3,(H,22,25)(H,23,24). The molecule has 0 fully saturated rings. The predicted octanol–water partition coefficient (Wildman–Crippen LogP) is 3.37. The van der Waals surface area contributed by atoms with E-state index in [0.717, 1.165) is 5.56 Å². The Hall–Kier alpha value is -2.40. The van der Waals surface area contributed by atoms with Crippen LogP contribution in [-0.2, 0) is 4.79 Å². The quantitative estimate of drug-likeness (QED) is 0.830. The summed E-state index contributed by atoms with van der Waals surface area (Å²) in [5.41, 5.74) is 1.42. The maximum atomic E-state index is 12.6. The molecule has 0 radical (unpaired) electrons. The van der Waals surface area contributed by atoms with Crippen LogP contribution in [0.15, 0.2) is 48.8 Å².